The molecule has 0 saturated carbocycles. The molecule has 0 spiro atoms. The molecule has 45 heavy (non-hydrogen) atoms. The van der Waals surface area contributed by atoms with Crippen molar-refractivity contribution < 1.29 is 48.9 Å². The van der Waals surface area contributed by atoms with Crippen LogP contribution in [0.2, 0.25) is 0 Å². The van der Waals surface area contributed by atoms with Gasteiger partial charge in [-0.3, -0.25) is 0 Å². The maximum atomic E-state index is 12.2. The fourth-order valence-corrected chi connectivity index (χ4v) is 5.51. The van der Waals surface area contributed by atoms with E-state index in [1.807, 2.05) is 30.3 Å². The van der Waals surface area contributed by atoms with E-state index in [0.29, 0.717) is 39.3 Å². The summed E-state index contributed by atoms with van der Waals surface area (Å²) in [6, 6.07) is 22.6. The Morgan fingerprint density at radius 3 is 1.91 bits per heavy atom. The van der Waals surface area contributed by atoms with Crippen LogP contribution in [0.5, 0.6) is 28.7 Å². The Hall–Kier alpha value is -4.30. The van der Waals surface area contributed by atoms with E-state index in [-0.39, 0.29) is 37.3 Å². The first-order valence-electron chi connectivity index (χ1n) is 13.5. The van der Waals surface area contributed by atoms with Gasteiger partial charge in [0, 0.05) is 23.8 Å². The van der Waals surface area contributed by atoms with Crippen LogP contribution in [0.4, 0.5) is 0 Å². The lowest BCUT2D eigenvalue weighted by Gasteiger charge is -2.22. The van der Waals surface area contributed by atoms with Crippen LogP contribution in [0.1, 0.15) is 11.1 Å². The van der Waals surface area contributed by atoms with E-state index in [0.717, 1.165) is 18.1 Å². The van der Waals surface area contributed by atoms with Crippen molar-refractivity contribution in [3.63, 3.8) is 0 Å². The molecule has 0 aromatic heterocycles. The van der Waals surface area contributed by atoms with Gasteiger partial charge in [-0.25, -0.2) is 0 Å². The lowest BCUT2D eigenvalue weighted by molar-refractivity contribution is -0.0393. The van der Waals surface area contributed by atoms with Crippen LogP contribution in [0.25, 0.3) is 22.3 Å². The third-order valence-electron chi connectivity index (χ3n) is 6.34. The maximum Gasteiger partial charge on any atom is 0.306 e. The van der Waals surface area contributed by atoms with Gasteiger partial charge in [-0.05, 0) is 47.0 Å². The first-order valence-corrected chi connectivity index (χ1v) is 17.1. The normalized spacial score (nSPS) is 11.6. The summed E-state index contributed by atoms with van der Waals surface area (Å²) in [6.07, 6.45) is 1.92. The van der Waals surface area contributed by atoms with Gasteiger partial charge in [0.1, 0.15) is 30.6 Å². The second-order valence-corrected chi connectivity index (χ2v) is 13.0. The van der Waals surface area contributed by atoms with Gasteiger partial charge < -0.3 is 32.1 Å². The van der Waals surface area contributed by atoms with Crippen molar-refractivity contribution in [1.29, 1.82) is 0 Å². The zero-order valence-electron chi connectivity index (χ0n) is 25.4. The Labute approximate surface area is 263 Å². The summed E-state index contributed by atoms with van der Waals surface area (Å²) in [5.74, 6) is 1.22. The summed E-state index contributed by atoms with van der Waals surface area (Å²) in [7, 11) is -3.11. The molecule has 0 aliphatic carbocycles. The summed E-state index contributed by atoms with van der Waals surface area (Å²) in [5, 5.41) is 0. The molecule has 0 bridgehead atoms. The monoisotopic (exact) mass is 658 g/mol. The fourth-order valence-electron chi connectivity index (χ4n) is 4.59. The second kappa shape index (κ2) is 14.7. The van der Waals surface area contributed by atoms with Crippen LogP contribution in [0.15, 0.2) is 78.9 Å². The SMILES string of the molecule is COCOCc1c(OC)c(-c2ccc(OS(C)(=O)=O)cc2)cc(OC)c1-c1ccc(OCc2ccccc2)c(OS(C)(=O)=O)c1. The molecule has 0 atom stereocenters. The minimum absolute atomic E-state index is 0.0125. The van der Waals surface area contributed by atoms with Gasteiger partial charge in [-0.1, -0.05) is 48.5 Å². The van der Waals surface area contributed by atoms with Gasteiger partial charge in [-0.2, -0.15) is 16.8 Å². The highest BCUT2D eigenvalue weighted by atomic mass is 32.2. The summed E-state index contributed by atoms with van der Waals surface area (Å²) >= 11 is 0. The minimum atomic E-state index is -3.92. The molecule has 0 unspecified atom stereocenters. The summed E-state index contributed by atoms with van der Waals surface area (Å²) in [5.41, 5.74) is 3.85. The zero-order valence-corrected chi connectivity index (χ0v) is 27.1. The van der Waals surface area contributed by atoms with E-state index in [4.69, 9.17) is 32.1 Å². The van der Waals surface area contributed by atoms with Gasteiger partial charge in [0.2, 0.25) is 0 Å². The predicted molar refractivity (Wildman–Crippen MR) is 169 cm³/mol. The molecule has 0 aliphatic rings. The quantitative estimate of drug-likeness (QED) is 0.0922. The zero-order chi connectivity index (χ0) is 32.6. The van der Waals surface area contributed by atoms with Crippen molar-refractivity contribution in [2.75, 3.05) is 40.6 Å². The Morgan fingerprint density at radius 1 is 0.644 bits per heavy atom. The van der Waals surface area contributed by atoms with Crippen molar-refractivity contribution in [1.82, 2.24) is 0 Å². The van der Waals surface area contributed by atoms with Crippen LogP contribution < -0.4 is 22.6 Å². The molecule has 4 aromatic carbocycles. The van der Waals surface area contributed by atoms with Crippen molar-refractivity contribution in [2.24, 2.45) is 0 Å². The first-order chi connectivity index (χ1) is 21.4. The Balaban J connectivity index is 1.86. The largest absolute Gasteiger partial charge is 0.496 e. The molecular formula is C32H34O11S2. The van der Waals surface area contributed by atoms with Crippen molar-refractivity contribution >= 4 is 20.2 Å². The van der Waals surface area contributed by atoms with E-state index in [1.54, 1.807) is 36.4 Å². The molecule has 0 amide bonds. The molecule has 0 radical (unpaired) electrons. The van der Waals surface area contributed by atoms with Crippen molar-refractivity contribution in [2.45, 2.75) is 13.2 Å². The molecule has 4 aromatic rings. The molecule has 0 N–H and O–H groups in total. The van der Waals surface area contributed by atoms with E-state index < -0.39 is 20.2 Å². The highest BCUT2D eigenvalue weighted by Crippen LogP contribution is 2.47. The second-order valence-electron chi connectivity index (χ2n) is 9.80. The Bertz CT molecular complexity index is 1820. The number of rotatable bonds is 15. The Morgan fingerprint density at radius 2 is 1.31 bits per heavy atom. The van der Waals surface area contributed by atoms with E-state index in [2.05, 4.69) is 0 Å². The first kappa shape index (κ1) is 33.6. The topological polar surface area (TPSA) is 133 Å². The highest BCUT2D eigenvalue weighted by molar-refractivity contribution is 7.86. The molecule has 11 nitrogen and oxygen atoms in total. The molecule has 0 fully saturated rings. The van der Waals surface area contributed by atoms with Gasteiger partial charge in [-0.15, -0.1) is 0 Å². The lowest BCUT2D eigenvalue weighted by Crippen LogP contribution is -2.08. The number of methoxy groups -OCH3 is 3. The van der Waals surface area contributed by atoms with Crippen LogP contribution in [0, 0.1) is 0 Å². The number of hydrogen-bond acceptors (Lipinski definition) is 11. The van der Waals surface area contributed by atoms with Crippen molar-refractivity contribution in [3.8, 4) is 51.0 Å². The smallest absolute Gasteiger partial charge is 0.306 e. The van der Waals surface area contributed by atoms with Crippen LogP contribution in [0.3, 0.4) is 0 Å². The Kier molecular flexibility index (Phi) is 10.9. The molecule has 0 saturated heterocycles. The average Bonchev–Trinajstić information content (AvgIpc) is 2.99. The standard InChI is InChI=1S/C32H34O11S2/c1-37-21-40-20-27-31(24-13-16-28(29(17-24)43-45(5,35)36)41-19-22-9-7-6-8-10-22)30(38-2)18-26(32(27)39-3)23-11-14-25(15-12-23)42-44(4,33)34/h6-18H,19-21H2,1-5H3. The number of hydrogen-bond donors (Lipinski definition) is 0. The number of benzene rings is 4. The van der Waals surface area contributed by atoms with Gasteiger partial charge >= 0.3 is 20.2 Å². The maximum absolute atomic E-state index is 12.2. The summed E-state index contributed by atoms with van der Waals surface area (Å²) < 4.78 is 86.5. The molecule has 0 heterocycles. The molecule has 13 heteroatoms. The van der Waals surface area contributed by atoms with Gasteiger partial charge in [0.05, 0.1) is 33.3 Å². The molecule has 4 rings (SSSR count). The fraction of sp³-hybridized carbons (Fsp3) is 0.250. The molecule has 0 aliphatic heterocycles. The van der Waals surface area contributed by atoms with E-state index >= 15 is 0 Å². The minimum Gasteiger partial charge on any atom is -0.496 e. The highest BCUT2D eigenvalue weighted by Gasteiger charge is 2.24. The third-order valence-corrected chi connectivity index (χ3v) is 7.32. The van der Waals surface area contributed by atoms with Crippen LogP contribution in [-0.4, -0.2) is 57.5 Å². The average molecular weight is 659 g/mol. The van der Waals surface area contributed by atoms with E-state index in [9.17, 15) is 16.8 Å². The third kappa shape index (κ3) is 9.11. The van der Waals surface area contributed by atoms with Gasteiger partial charge in [0.25, 0.3) is 0 Å². The number of ether oxygens (including phenoxy) is 5. The lowest BCUT2D eigenvalue weighted by atomic mass is 9.92. The van der Waals surface area contributed by atoms with Gasteiger partial charge in [0.15, 0.2) is 11.5 Å². The van der Waals surface area contributed by atoms with Crippen LogP contribution in [-0.2, 0) is 42.9 Å². The van der Waals surface area contributed by atoms with E-state index in [1.165, 1.54) is 33.5 Å². The molecular weight excluding hydrogens is 624 g/mol. The summed E-state index contributed by atoms with van der Waals surface area (Å²) in [4.78, 5) is 0. The molecule has 240 valence electrons. The van der Waals surface area contributed by atoms with Crippen molar-refractivity contribution in [3.05, 3.63) is 90.0 Å². The van der Waals surface area contributed by atoms with Crippen LogP contribution >= 0.6 is 0 Å². The predicted octanol–water partition coefficient (Wildman–Crippen LogP) is 5.41. The summed E-state index contributed by atoms with van der Waals surface area (Å²) in [6.45, 7) is 0.206.